The molecule has 0 heterocycles. The van der Waals surface area contributed by atoms with E-state index in [1.165, 1.54) is 6.42 Å². The second-order valence-electron chi connectivity index (χ2n) is 3.49. The third-order valence-electron chi connectivity index (χ3n) is 2.79. The van der Waals surface area contributed by atoms with Crippen molar-refractivity contribution in [1.82, 2.24) is 0 Å². The average Bonchev–Trinajstić information content (AvgIpc) is 2.04. The van der Waals surface area contributed by atoms with Gasteiger partial charge in [-0.05, 0) is 30.1 Å². The normalized spacial score (nSPS) is 42.3. The maximum absolute atomic E-state index is 11.4. The van der Waals surface area contributed by atoms with Gasteiger partial charge in [0.25, 0.3) is 0 Å². The van der Waals surface area contributed by atoms with E-state index in [0.29, 0.717) is 16.7 Å². The number of rotatable bonds is 0. The summed E-state index contributed by atoms with van der Waals surface area (Å²) >= 11 is 3.16. The van der Waals surface area contributed by atoms with Crippen LogP contribution in [0.15, 0.2) is 10.5 Å². The standard InChI is InChI=1S/C9H11BrO/c10-5-7-3-6-1-2-8(7)9(11)4-6/h5-6,8H,1-4H2/b7-5-/t6-,8+/m1/s1/i5D. The molecule has 2 heteroatoms. The van der Waals surface area contributed by atoms with E-state index in [0.717, 1.165) is 24.8 Å². The number of ketones is 1. The van der Waals surface area contributed by atoms with Gasteiger partial charge in [-0.15, -0.1) is 0 Å². The molecule has 1 nitrogen and oxygen atoms in total. The number of carbonyl (C=O) groups is 1. The van der Waals surface area contributed by atoms with Gasteiger partial charge in [0, 0.05) is 12.3 Å². The van der Waals surface area contributed by atoms with Crippen LogP contribution in [0.4, 0.5) is 0 Å². The quantitative estimate of drug-likeness (QED) is 0.608. The Balaban J connectivity index is 2.31. The van der Waals surface area contributed by atoms with Crippen molar-refractivity contribution in [2.75, 3.05) is 0 Å². The second-order valence-corrected chi connectivity index (χ2v) is 3.89. The van der Waals surface area contributed by atoms with E-state index in [1.807, 2.05) is 0 Å². The Morgan fingerprint density at radius 2 is 2.36 bits per heavy atom. The summed E-state index contributed by atoms with van der Waals surface area (Å²) in [6.45, 7) is 0. The first-order valence-electron chi connectivity index (χ1n) is 4.56. The minimum Gasteiger partial charge on any atom is -0.299 e. The van der Waals surface area contributed by atoms with Gasteiger partial charge in [-0.25, -0.2) is 0 Å². The molecule has 0 aromatic carbocycles. The van der Waals surface area contributed by atoms with E-state index in [4.69, 9.17) is 1.37 Å². The van der Waals surface area contributed by atoms with Gasteiger partial charge in [0.05, 0.1) is 1.37 Å². The second kappa shape index (κ2) is 2.74. The largest absolute Gasteiger partial charge is 0.299 e. The van der Waals surface area contributed by atoms with E-state index in [1.54, 1.807) is 0 Å². The van der Waals surface area contributed by atoms with Crippen LogP contribution in [0.25, 0.3) is 0 Å². The van der Waals surface area contributed by atoms with Crippen molar-refractivity contribution >= 4 is 21.7 Å². The zero-order valence-electron chi connectivity index (χ0n) is 7.27. The van der Waals surface area contributed by atoms with E-state index in [9.17, 15) is 4.79 Å². The van der Waals surface area contributed by atoms with Crippen LogP contribution in [0.5, 0.6) is 0 Å². The summed E-state index contributed by atoms with van der Waals surface area (Å²) in [4.78, 5) is 11.9. The summed E-state index contributed by atoms with van der Waals surface area (Å²) in [7, 11) is 0. The Hall–Kier alpha value is -0.110. The van der Waals surface area contributed by atoms with Crippen molar-refractivity contribution in [3.8, 4) is 0 Å². The topological polar surface area (TPSA) is 17.1 Å². The Kier molecular flexibility index (Phi) is 1.60. The minimum absolute atomic E-state index is 0.0851. The smallest absolute Gasteiger partial charge is 0.140 e. The lowest BCUT2D eigenvalue weighted by atomic mass is 9.68. The highest BCUT2D eigenvalue weighted by Gasteiger charge is 2.37. The van der Waals surface area contributed by atoms with E-state index in [-0.39, 0.29) is 5.92 Å². The van der Waals surface area contributed by atoms with Crippen molar-refractivity contribution < 1.29 is 6.17 Å². The molecule has 3 fully saturated rings. The van der Waals surface area contributed by atoms with Gasteiger partial charge in [-0.3, -0.25) is 4.79 Å². The monoisotopic (exact) mass is 215 g/mol. The molecule has 0 aromatic rings. The molecule has 2 bridgehead atoms. The first-order valence-corrected chi connectivity index (χ1v) is 4.85. The lowest BCUT2D eigenvalue weighted by molar-refractivity contribution is -0.126. The number of hydrogen-bond donors (Lipinski definition) is 0. The van der Waals surface area contributed by atoms with Crippen LogP contribution in [0.2, 0.25) is 0 Å². The van der Waals surface area contributed by atoms with Crippen molar-refractivity contribution in [3.63, 3.8) is 0 Å². The summed E-state index contributed by atoms with van der Waals surface area (Å²) in [6.07, 6.45) is 3.89. The number of Topliss-reactive ketones (excluding diaryl/α,β-unsaturated/α-hetero) is 1. The summed E-state index contributed by atoms with van der Waals surface area (Å²) in [5.74, 6) is 0.981. The van der Waals surface area contributed by atoms with Gasteiger partial charge in [0.15, 0.2) is 0 Å². The molecular formula is C9H11BrO. The molecule has 0 saturated heterocycles. The Labute approximate surface area is 76.4 Å². The maximum Gasteiger partial charge on any atom is 0.140 e. The molecule has 0 radical (unpaired) electrons. The fourth-order valence-electron chi connectivity index (χ4n) is 2.19. The third-order valence-corrected chi connectivity index (χ3v) is 3.30. The molecule has 0 aromatic heterocycles. The number of halogens is 1. The number of carbonyl (C=O) groups excluding carboxylic acids is 1. The maximum atomic E-state index is 11.4. The molecule has 0 unspecified atom stereocenters. The van der Waals surface area contributed by atoms with Gasteiger partial charge < -0.3 is 0 Å². The summed E-state index contributed by atoms with van der Waals surface area (Å²) < 4.78 is 7.46. The number of hydrogen-bond acceptors (Lipinski definition) is 1. The molecule has 3 aliphatic carbocycles. The van der Waals surface area contributed by atoms with Crippen LogP contribution in [0.3, 0.4) is 0 Å². The fraction of sp³-hybridized carbons (Fsp3) is 0.667. The number of fused-ring (bicyclic) bond motifs is 3. The zero-order valence-corrected chi connectivity index (χ0v) is 7.86. The van der Waals surface area contributed by atoms with E-state index in [2.05, 4.69) is 15.9 Å². The molecule has 0 N–H and O–H groups in total. The predicted octanol–water partition coefficient (Wildman–Crippen LogP) is 2.65. The molecule has 60 valence electrons. The zero-order chi connectivity index (χ0) is 8.72. The van der Waals surface area contributed by atoms with Crippen molar-refractivity contribution in [2.45, 2.75) is 25.7 Å². The Bertz CT molecular complexity index is 255. The first-order chi connectivity index (χ1) is 5.68. The Morgan fingerprint density at radius 3 is 2.82 bits per heavy atom. The molecule has 0 spiro atoms. The molecule has 3 rings (SSSR count). The van der Waals surface area contributed by atoms with Crippen molar-refractivity contribution in [3.05, 3.63) is 10.5 Å². The predicted molar refractivity (Wildman–Crippen MR) is 47.5 cm³/mol. The highest BCUT2D eigenvalue weighted by molar-refractivity contribution is 9.11. The van der Waals surface area contributed by atoms with E-state index >= 15 is 0 Å². The van der Waals surface area contributed by atoms with Gasteiger partial charge in [-0.1, -0.05) is 21.5 Å². The summed E-state index contributed by atoms with van der Waals surface area (Å²) in [5.41, 5.74) is 1.04. The highest BCUT2D eigenvalue weighted by Crippen LogP contribution is 2.42. The van der Waals surface area contributed by atoms with Gasteiger partial charge >= 0.3 is 0 Å². The highest BCUT2D eigenvalue weighted by atomic mass is 79.9. The average molecular weight is 216 g/mol. The molecule has 11 heavy (non-hydrogen) atoms. The molecule has 0 amide bonds. The minimum atomic E-state index is 0.0851. The first kappa shape index (κ1) is 6.41. The summed E-state index contributed by atoms with van der Waals surface area (Å²) in [5, 5.41) is 0. The van der Waals surface area contributed by atoms with Crippen LogP contribution >= 0.6 is 15.9 Å². The molecular weight excluding hydrogens is 204 g/mol. The fourth-order valence-corrected chi connectivity index (χ4v) is 2.63. The van der Waals surface area contributed by atoms with Crippen molar-refractivity contribution in [1.29, 1.82) is 0 Å². The Morgan fingerprint density at radius 1 is 1.55 bits per heavy atom. The molecule has 3 aliphatic rings. The van der Waals surface area contributed by atoms with Gasteiger partial charge in [-0.2, -0.15) is 0 Å². The van der Waals surface area contributed by atoms with Crippen LogP contribution < -0.4 is 0 Å². The van der Waals surface area contributed by atoms with Crippen molar-refractivity contribution in [2.24, 2.45) is 11.8 Å². The summed E-state index contributed by atoms with van der Waals surface area (Å²) in [6, 6.07) is 0. The SMILES string of the molecule is [2H]/C(Br)=C1\C[C@H]2CC[C@@H]1C(=O)C2. The lowest BCUT2D eigenvalue weighted by Gasteiger charge is -2.36. The third kappa shape index (κ3) is 1.18. The van der Waals surface area contributed by atoms with Gasteiger partial charge in [0.1, 0.15) is 5.78 Å². The van der Waals surface area contributed by atoms with Crippen LogP contribution in [0.1, 0.15) is 27.1 Å². The van der Waals surface area contributed by atoms with E-state index < -0.39 is 0 Å². The van der Waals surface area contributed by atoms with Crippen LogP contribution in [-0.4, -0.2) is 5.78 Å². The molecule has 2 atom stereocenters. The number of allylic oxidation sites excluding steroid dienone is 1. The molecule has 0 aliphatic heterocycles. The van der Waals surface area contributed by atoms with Crippen LogP contribution in [0, 0.1) is 11.8 Å². The van der Waals surface area contributed by atoms with Crippen LogP contribution in [-0.2, 0) is 4.79 Å². The van der Waals surface area contributed by atoms with Gasteiger partial charge in [0.2, 0.25) is 0 Å². The molecule has 3 saturated carbocycles. The lowest BCUT2D eigenvalue weighted by Crippen LogP contribution is -2.33.